The van der Waals surface area contributed by atoms with E-state index in [0.29, 0.717) is 12.1 Å². The lowest BCUT2D eigenvalue weighted by atomic mass is 10.2. The van der Waals surface area contributed by atoms with Gasteiger partial charge in [0.1, 0.15) is 0 Å². The van der Waals surface area contributed by atoms with E-state index in [9.17, 15) is 0 Å². The Bertz CT molecular complexity index is 196. The fraction of sp³-hybridized carbons (Fsp3) is 1.00. The summed E-state index contributed by atoms with van der Waals surface area (Å²) in [7, 11) is -1.91. The standard InChI is InChI=1S/C14H33NO2Si/c1-8-16-18(7,17-9-2)12-10-11-15(13(3)4)14(5)6/h13-14H,8-12H2,1-7H3. The van der Waals surface area contributed by atoms with Crippen molar-refractivity contribution in [1.82, 2.24) is 4.90 Å². The first-order valence-electron chi connectivity index (χ1n) is 7.40. The topological polar surface area (TPSA) is 21.7 Å². The monoisotopic (exact) mass is 275 g/mol. The van der Waals surface area contributed by atoms with E-state index in [1.54, 1.807) is 0 Å². The van der Waals surface area contributed by atoms with Gasteiger partial charge in [0.2, 0.25) is 0 Å². The van der Waals surface area contributed by atoms with Gasteiger partial charge in [-0.2, -0.15) is 0 Å². The second-order valence-electron chi connectivity index (χ2n) is 5.53. The van der Waals surface area contributed by atoms with Crippen LogP contribution >= 0.6 is 0 Å². The van der Waals surface area contributed by atoms with Crippen LogP contribution in [0, 0.1) is 0 Å². The smallest absolute Gasteiger partial charge is 0.334 e. The molecule has 0 aliphatic heterocycles. The van der Waals surface area contributed by atoms with E-state index in [2.05, 4.69) is 53.0 Å². The Kier molecular flexibility index (Phi) is 9.12. The summed E-state index contributed by atoms with van der Waals surface area (Å²) < 4.78 is 11.7. The van der Waals surface area contributed by atoms with E-state index < -0.39 is 8.56 Å². The van der Waals surface area contributed by atoms with Gasteiger partial charge in [-0.25, -0.2) is 0 Å². The van der Waals surface area contributed by atoms with Crippen LogP contribution in [0.2, 0.25) is 12.6 Å². The lowest BCUT2D eigenvalue weighted by molar-refractivity contribution is 0.164. The van der Waals surface area contributed by atoms with Gasteiger partial charge in [-0.05, 0) is 67.1 Å². The van der Waals surface area contributed by atoms with Crippen molar-refractivity contribution in [3.05, 3.63) is 0 Å². The van der Waals surface area contributed by atoms with Crippen LogP contribution in [-0.4, -0.2) is 45.3 Å². The Labute approximate surface area is 115 Å². The van der Waals surface area contributed by atoms with Crippen LogP contribution in [0.3, 0.4) is 0 Å². The van der Waals surface area contributed by atoms with E-state index in [4.69, 9.17) is 8.85 Å². The lowest BCUT2D eigenvalue weighted by Crippen LogP contribution is -2.41. The minimum absolute atomic E-state index is 0.608. The zero-order valence-corrected chi connectivity index (χ0v) is 14.5. The first kappa shape index (κ1) is 18.1. The summed E-state index contributed by atoms with van der Waals surface area (Å²) in [6, 6.07) is 2.30. The molecule has 0 unspecified atom stereocenters. The predicted molar refractivity (Wildman–Crippen MR) is 81.3 cm³/mol. The summed E-state index contributed by atoms with van der Waals surface area (Å²) in [6.07, 6.45) is 1.17. The normalized spacial score (nSPS) is 13.0. The molecular weight excluding hydrogens is 242 g/mol. The molecule has 18 heavy (non-hydrogen) atoms. The highest BCUT2D eigenvalue weighted by atomic mass is 28.4. The SMILES string of the molecule is CCO[Si](C)(CCCN(C(C)C)C(C)C)OCC. The van der Waals surface area contributed by atoms with Gasteiger partial charge in [0.05, 0.1) is 0 Å². The summed E-state index contributed by atoms with van der Waals surface area (Å²) in [5.74, 6) is 0. The van der Waals surface area contributed by atoms with Gasteiger partial charge in [0, 0.05) is 25.3 Å². The largest absolute Gasteiger partial charge is 0.395 e. The summed E-state index contributed by atoms with van der Waals surface area (Å²) in [5.41, 5.74) is 0. The molecule has 0 saturated heterocycles. The molecule has 0 N–H and O–H groups in total. The molecule has 0 fully saturated rings. The molecule has 3 nitrogen and oxygen atoms in total. The van der Waals surface area contributed by atoms with Crippen molar-refractivity contribution in [3.8, 4) is 0 Å². The highest BCUT2D eigenvalue weighted by Gasteiger charge is 2.30. The third-order valence-electron chi connectivity index (χ3n) is 3.27. The fourth-order valence-electron chi connectivity index (χ4n) is 2.49. The van der Waals surface area contributed by atoms with Crippen molar-refractivity contribution in [3.63, 3.8) is 0 Å². The third kappa shape index (κ3) is 6.88. The Balaban J connectivity index is 4.19. The zero-order valence-electron chi connectivity index (χ0n) is 13.5. The molecule has 0 aromatic heterocycles. The van der Waals surface area contributed by atoms with Gasteiger partial charge >= 0.3 is 8.56 Å². The Hall–Kier alpha value is 0.0969. The van der Waals surface area contributed by atoms with Crippen molar-refractivity contribution >= 4 is 8.56 Å². The molecule has 0 spiro atoms. The van der Waals surface area contributed by atoms with E-state index in [1.165, 1.54) is 6.42 Å². The van der Waals surface area contributed by atoms with Crippen LogP contribution in [-0.2, 0) is 8.85 Å². The Morgan fingerprint density at radius 3 is 1.72 bits per heavy atom. The maximum Gasteiger partial charge on any atom is 0.334 e. The molecule has 0 aromatic rings. The van der Waals surface area contributed by atoms with Crippen LogP contribution in [0.5, 0.6) is 0 Å². The first-order chi connectivity index (χ1) is 8.36. The maximum atomic E-state index is 5.87. The molecule has 0 aromatic carbocycles. The molecule has 0 rings (SSSR count). The molecule has 0 aliphatic rings. The van der Waals surface area contributed by atoms with Crippen LogP contribution in [0.4, 0.5) is 0 Å². The van der Waals surface area contributed by atoms with Gasteiger partial charge in [-0.15, -0.1) is 0 Å². The third-order valence-corrected chi connectivity index (χ3v) is 6.33. The number of hydrogen-bond donors (Lipinski definition) is 0. The molecule has 110 valence electrons. The average molecular weight is 276 g/mol. The molecule has 0 amide bonds. The van der Waals surface area contributed by atoms with Crippen molar-refractivity contribution in [2.24, 2.45) is 0 Å². The van der Waals surface area contributed by atoms with Crippen LogP contribution < -0.4 is 0 Å². The van der Waals surface area contributed by atoms with Crippen molar-refractivity contribution in [1.29, 1.82) is 0 Å². The molecular formula is C14H33NO2Si. The van der Waals surface area contributed by atoms with Crippen molar-refractivity contribution in [2.75, 3.05) is 19.8 Å². The summed E-state index contributed by atoms with van der Waals surface area (Å²) in [5, 5.41) is 0. The summed E-state index contributed by atoms with van der Waals surface area (Å²) in [6.45, 7) is 18.0. The summed E-state index contributed by atoms with van der Waals surface area (Å²) >= 11 is 0. The molecule has 0 heterocycles. The molecule has 4 heteroatoms. The number of hydrogen-bond acceptors (Lipinski definition) is 3. The van der Waals surface area contributed by atoms with E-state index in [-0.39, 0.29) is 0 Å². The Morgan fingerprint density at radius 2 is 1.39 bits per heavy atom. The zero-order chi connectivity index (χ0) is 14.2. The van der Waals surface area contributed by atoms with Crippen molar-refractivity contribution in [2.45, 2.75) is 72.6 Å². The quantitative estimate of drug-likeness (QED) is 0.568. The molecule has 0 saturated carbocycles. The van der Waals surface area contributed by atoms with Gasteiger partial charge in [-0.1, -0.05) is 0 Å². The Morgan fingerprint density at radius 1 is 0.944 bits per heavy atom. The highest BCUT2D eigenvalue weighted by molar-refractivity contribution is 6.66. The second-order valence-corrected chi connectivity index (χ2v) is 8.87. The van der Waals surface area contributed by atoms with Gasteiger partial charge < -0.3 is 8.85 Å². The van der Waals surface area contributed by atoms with Gasteiger partial charge in [-0.3, -0.25) is 4.90 Å². The van der Waals surface area contributed by atoms with Crippen LogP contribution in [0.1, 0.15) is 48.0 Å². The minimum atomic E-state index is -1.91. The van der Waals surface area contributed by atoms with Crippen LogP contribution in [0.15, 0.2) is 0 Å². The second kappa shape index (κ2) is 9.07. The number of rotatable bonds is 10. The number of nitrogens with zero attached hydrogens (tertiary/aromatic N) is 1. The predicted octanol–water partition coefficient (Wildman–Crippen LogP) is 3.64. The molecule has 0 radical (unpaired) electrons. The molecule has 0 aliphatic carbocycles. The van der Waals surface area contributed by atoms with Crippen molar-refractivity contribution < 1.29 is 8.85 Å². The van der Waals surface area contributed by atoms with E-state index in [1.807, 2.05) is 0 Å². The fourth-order valence-corrected chi connectivity index (χ4v) is 4.89. The molecule has 0 bridgehead atoms. The minimum Gasteiger partial charge on any atom is -0.395 e. The molecule has 0 atom stereocenters. The van der Waals surface area contributed by atoms with Gasteiger partial charge in [0.15, 0.2) is 0 Å². The first-order valence-corrected chi connectivity index (χ1v) is 9.92. The van der Waals surface area contributed by atoms with Crippen LogP contribution in [0.25, 0.3) is 0 Å². The highest BCUT2D eigenvalue weighted by Crippen LogP contribution is 2.17. The van der Waals surface area contributed by atoms with E-state index in [0.717, 1.165) is 25.8 Å². The maximum absolute atomic E-state index is 5.87. The lowest BCUT2D eigenvalue weighted by Gasteiger charge is -2.32. The average Bonchev–Trinajstić information content (AvgIpc) is 2.24. The summed E-state index contributed by atoms with van der Waals surface area (Å²) in [4.78, 5) is 2.53. The van der Waals surface area contributed by atoms with Gasteiger partial charge in [0.25, 0.3) is 0 Å². The van der Waals surface area contributed by atoms with E-state index >= 15 is 0 Å².